The van der Waals surface area contributed by atoms with Crippen LogP contribution in [-0.4, -0.2) is 41.0 Å². The molecule has 3 heterocycles. The number of hydrogen-bond acceptors (Lipinski definition) is 5. The molecule has 0 radical (unpaired) electrons. The molecule has 22 heavy (non-hydrogen) atoms. The molecule has 0 N–H and O–H groups in total. The Morgan fingerprint density at radius 2 is 2.18 bits per heavy atom. The highest BCUT2D eigenvalue weighted by Gasteiger charge is 2.24. The predicted octanol–water partition coefficient (Wildman–Crippen LogP) is 2.79. The van der Waals surface area contributed by atoms with Gasteiger partial charge in [-0.1, -0.05) is 0 Å². The summed E-state index contributed by atoms with van der Waals surface area (Å²) in [6, 6.07) is 6.65. The number of rotatable bonds is 4. The summed E-state index contributed by atoms with van der Waals surface area (Å²) in [6.07, 6.45) is 4.05. The molecule has 0 spiro atoms. The van der Waals surface area contributed by atoms with E-state index in [1.807, 2.05) is 19.9 Å². The zero-order valence-electron chi connectivity index (χ0n) is 13.6. The molecule has 118 valence electrons. The normalized spacial score (nSPS) is 19.3. The standard InChI is InChI=1S/C17H24N4O/c1-13-9-17(19-12-18-13)20(3)15-5-4-8-21(10-15)11-16-7-6-14(2)22-16/h6-7,9,12,15H,4-5,8,10-11H2,1-3H3. The van der Waals surface area contributed by atoms with E-state index in [0.717, 1.165) is 42.7 Å². The van der Waals surface area contributed by atoms with Crippen molar-refractivity contribution in [2.75, 3.05) is 25.0 Å². The molecule has 1 saturated heterocycles. The number of piperidine rings is 1. The first-order valence-electron chi connectivity index (χ1n) is 7.91. The van der Waals surface area contributed by atoms with Gasteiger partial charge in [0.1, 0.15) is 23.7 Å². The fraction of sp³-hybridized carbons (Fsp3) is 0.529. The van der Waals surface area contributed by atoms with Gasteiger partial charge in [-0.05, 0) is 45.4 Å². The summed E-state index contributed by atoms with van der Waals surface area (Å²) in [5.74, 6) is 3.05. The Morgan fingerprint density at radius 3 is 2.91 bits per heavy atom. The summed E-state index contributed by atoms with van der Waals surface area (Å²) < 4.78 is 5.71. The van der Waals surface area contributed by atoms with Gasteiger partial charge < -0.3 is 9.32 Å². The van der Waals surface area contributed by atoms with Gasteiger partial charge in [-0.3, -0.25) is 4.90 Å². The molecule has 0 saturated carbocycles. The molecule has 0 aromatic carbocycles. The summed E-state index contributed by atoms with van der Waals surface area (Å²) in [5, 5.41) is 0. The van der Waals surface area contributed by atoms with Crippen LogP contribution in [0.25, 0.3) is 0 Å². The van der Waals surface area contributed by atoms with Crippen LogP contribution in [0.4, 0.5) is 5.82 Å². The Bertz CT molecular complexity index is 625. The van der Waals surface area contributed by atoms with Crippen LogP contribution >= 0.6 is 0 Å². The Morgan fingerprint density at radius 1 is 1.32 bits per heavy atom. The fourth-order valence-electron chi connectivity index (χ4n) is 3.10. The van der Waals surface area contributed by atoms with Crippen molar-refractivity contribution in [3.63, 3.8) is 0 Å². The molecule has 1 unspecified atom stereocenters. The smallest absolute Gasteiger partial charge is 0.132 e. The molecule has 1 aliphatic heterocycles. The summed E-state index contributed by atoms with van der Waals surface area (Å²) >= 11 is 0. The molecule has 0 aliphatic carbocycles. The first kappa shape index (κ1) is 15.0. The number of hydrogen-bond donors (Lipinski definition) is 0. The van der Waals surface area contributed by atoms with Gasteiger partial charge in [0, 0.05) is 31.4 Å². The maximum atomic E-state index is 5.71. The average molecular weight is 300 g/mol. The lowest BCUT2D eigenvalue weighted by Gasteiger charge is -2.37. The van der Waals surface area contributed by atoms with Gasteiger partial charge in [0.05, 0.1) is 6.54 Å². The van der Waals surface area contributed by atoms with Crippen molar-refractivity contribution in [3.8, 4) is 0 Å². The molecule has 1 atom stereocenters. The van der Waals surface area contributed by atoms with Gasteiger partial charge in [0.2, 0.25) is 0 Å². The second-order valence-corrected chi connectivity index (χ2v) is 6.17. The number of likely N-dealkylation sites (tertiary alicyclic amines) is 1. The molecule has 2 aromatic rings. The third-order valence-corrected chi connectivity index (χ3v) is 4.35. The van der Waals surface area contributed by atoms with E-state index in [1.54, 1.807) is 6.33 Å². The summed E-state index contributed by atoms with van der Waals surface area (Å²) in [5.41, 5.74) is 1.01. The van der Waals surface area contributed by atoms with Gasteiger partial charge in [-0.25, -0.2) is 9.97 Å². The van der Waals surface area contributed by atoms with E-state index in [0.29, 0.717) is 6.04 Å². The van der Waals surface area contributed by atoms with E-state index < -0.39 is 0 Å². The third-order valence-electron chi connectivity index (χ3n) is 4.35. The van der Waals surface area contributed by atoms with Crippen molar-refractivity contribution in [3.05, 3.63) is 41.7 Å². The average Bonchev–Trinajstić information content (AvgIpc) is 2.92. The lowest BCUT2D eigenvalue weighted by atomic mass is 10.0. The van der Waals surface area contributed by atoms with Gasteiger partial charge in [-0.15, -0.1) is 0 Å². The maximum Gasteiger partial charge on any atom is 0.132 e. The lowest BCUT2D eigenvalue weighted by Crippen LogP contribution is -2.46. The largest absolute Gasteiger partial charge is 0.465 e. The first-order valence-corrected chi connectivity index (χ1v) is 7.91. The number of likely N-dealkylation sites (N-methyl/N-ethyl adjacent to an activating group) is 1. The molecule has 0 bridgehead atoms. The van der Waals surface area contributed by atoms with E-state index in [9.17, 15) is 0 Å². The number of aryl methyl sites for hydroxylation is 2. The topological polar surface area (TPSA) is 45.4 Å². The van der Waals surface area contributed by atoms with E-state index in [-0.39, 0.29) is 0 Å². The van der Waals surface area contributed by atoms with Crippen molar-refractivity contribution >= 4 is 5.82 Å². The highest BCUT2D eigenvalue weighted by Crippen LogP contribution is 2.21. The summed E-state index contributed by atoms with van der Waals surface area (Å²) in [4.78, 5) is 13.3. The molecule has 3 rings (SSSR count). The summed E-state index contributed by atoms with van der Waals surface area (Å²) in [6.45, 7) is 7.06. The van der Waals surface area contributed by atoms with Gasteiger partial charge >= 0.3 is 0 Å². The number of aromatic nitrogens is 2. The van der Waals surface area contributed by atoms with Crippen molar-refractivity contribution < 1.29 is 4.42 Å². The SMILES string of the molecule is Cc1cc(N(C)C2CCCN(Cc3ccc(C)o3)C2)ncn1. The van der Waals surface area contributed by atoms with E-state index >= 15 is 0 Å². The van der Waals surface area contributed by atoms with Crippen LogP contribution in [-0.2, 0) is 6.54 Å². The maximum absolute atomic E-state index is 5.71. The van der Waals surface area contributed by atoms with Crippen LogP contribution in [0.1, 0.15) is 30.1 Å². The first-order chi connectivity index (χ1) is 10.6. The van der Waals surface area contributed by atoms with Gasteiger partial charge in [-0.2, -0.15) is 0 Å². The third kappa shape index (κ3) is 3.47. The molecule has 1 fully saturated rings. The fourth-order valence-corrected chi connectivity index (χ4v) is 3.10. The van der Waals surface area contributed by atoms with E-state index in [1.165, 1.54) is 12.8 Å². The van der Waals surface area contributed by atoms with E-state index in [2.05, 4.69) is 38.9 Å². The predicted molar refractivity (Wildman–Crippen MR) is 86.9 cm³/mol. The number of nitrogens with zero attached hydrogens (tertiary/aromatic N) is 4. The van der Waals surface area contributed by atoms with Crippen molar-refractivity contribution in [1.82, 2.24) is 14.9 Å². The molecule has 5 heteroatoms. The Labute approximate surface area is 132 Å². The lowest BCUT2D eigenvalue weighted by molar-refractivity contribution is 0.184. The number of anilines is 1. The molecule has 5 nitrogen and oxygen atoms in total. The Hall–Kier alpha value is -1.88. The van der Waals surface area contributed by atoms with Crippen molar-refractivity contribution in [2.24, 2.45) is 0 Å². The Balaban J connectivity index is 1.64. The minimum absolute atomic E-state index is 0.485. The van der Waals surface area contributed by atoms with Gasteiger partial charge in [0.25, 0.3) is 0 Å². The quantitative estimate of drug-likeness (QED) is 0.869. The Kier molecular flexibility index (Phi) is 4.43. The molecule has 2 aromatic heterocycles. The van der Waals surface area contributed by atoms with Crippen LogP contribution in [0, 0.1) is 13.8 Å². The monoisotopic (exact) mass is 300 g/mol. The van der Waals surface area contributed by atoms with Crippen LogP contribution in [0.2, 0.25) is 0 Å². The van der Waals surface area contributed by atoms with E-state index in [4.69, 9.17) is 4.42 Å². The van der Waals surface area contributed by atoms with Crippen LogP contribution < -0.4 is 4.90 Å². The molecular formula is C17H24N4O. The molecule has 1 aliphatic rings. The number of furan rings is 1. The van der Waals surface area contributed by atoms with Crippen LogP contribution in [0.5, 0.6) is 0 Å². The zero-order valence-corrected chi connectivity index (χ0v) is 13.6. The van der Waals surface area contributed by atoms with Crippen LogP contribution in [0.3, 0.4) is 0 Å². The van der Waals surface area contributed by atoms with Crippen LogP contribution in [0.15, 0.2) is 28.9 Å². The van der Waals surface area contributed by atoms with Gasteiger partial charge in [0.15, 0.2) is 0 Å². The van der Waals surface area contributed by atoms with Crippen molar-refractivity contribution in [2.45, 2.75) is 39.3 Å². The second kappa shape index (κ2) is 6.48. The zero-order chi connectivity index (χ0) is 15.5. The second-order valence-electron chi connectivity index (χ2n) is 6.17. The van der Waals surface area contributed by atoms with Crippen molar-refractivity contribution in [1.29, 1.82) is 0 Å². The minimum Gasteiger partial charge on any atom is -0.465 e. The minimum atomic E-state index is 0.485. The highest BCUT2D eigenvalue weighted by atomic mass is 16.3. The summed E-state index contributed by atoms with van der Waals surface area (Å²) in [7, 11) is 2.13. The highest BCUT2D eigenvalue weighted by molar-refractivity contribution is 5.39. The molecule has 0 amide bonds. The molecular weight excluding hydrogens is 276 g/mol.